The van der Waals surface area contributed by atoms with Crippen LogP contribution >= 0.6 is 11.8 Å². The molecule has 7 heteroatoms. The fourth-order valence-electron chi connectivity index (χ4n) is 2.84. The predicted octanol–water partition coefficient (Wildman–Crippen LogP) is 2.58. The zero-order valence-corrected chi connectivity index (χ0v) is 16.2. The summed E-state index contributed by atoms with van der Waals surface area (Å²) in [7, 11) is 3.16. The summed E-state index contributed by atoms with van der Waals surface area (Å²) in [5.74, 6) is 1.68. The lowest BCUT2D eigenvalue weighted by Crippen LogP contribution is -2.49. The molecule has 25 heavy (non-hydrogen) atoms. The summed E-state index contributed by atoms with van der Waals surface area (Å²) in [5, 5.41) is 2.70. The molecule has 1 aromatic rings. The molecule has 0 bridgehead atoms. The van der Waals surface area contributed by atoms with Gasteiger partial charge < -0.3 is 19.7 Å². The average Bonchev–Trinajstić information content (AvgIpc) is 3.04. The molecule has 0 spiro atoms. The van der Waals surface area contributed by atoms with Crippen LogP contribution in [0.15, 0.2) is 18.2 Å². The van der Waals surface area contributed by atoms with E-state index in [2.05, 4.69) is 5.32 Å². The van der Waals surface area contributed by atoms with Gasteiger partial charge in [-0.3, -0.25) is 9.59 Å². The first-order valence-electron chi connectivity index (χ1n) is 8.38. The number of benzene rings is 1. The van der Waals surface area contributed by atoms with E-state index in [9.17, 15) is 9.59 Å². The van der Waals surface area contributed by atoms with E-state index in [0.29, 0.717) is 23.7 Å². The predicted molar refractivity (Wildman–Crippen MR) is 98.9 cm³/mol. The molecule has 6 nitrogen and oxygen atoms in total. The van der Waals surface area contributed by atoms with Crippen molar-refractivity contribution in [2.24, 2.45) is 0 Å². The molecular weight excluding hydrogens is 340 g/mol. The van der Waals surface area contributed by atoms with Gasteiger partial charge in [-0.15, -0.1) is 11.8 Å². The van der Waals surface area contributed by atoms with Crippen molar-refractivity contribution in [1.82, 2.24) is 10.2 Å². The van der Waals surface area contributed by atoms with E-state index >= 15 is 0 Å². The minimum absolute atomic E-state index is 0.0336. The molecule has 2 amide bonds. The summed E-state index contributed by atoms with van der Waals surface area (Å²) >= 11 is 1.59. The third kappa shape index (κ3) is 4.21. The molecular formula is C18H26N2O4S. The molecule has 1 heterocycles. The van der Waals surface area contributed by atoms with Gasteiger partial charge in [-0.25, -0.2) is 0 Å². The van der Waals surface area contributed by atoms with Crippen LogP contribution < -0.4 is 14.8 Å². The number of thioether (sulfide) groups is 1. The number of amides is 2. The number of carbonyl (C=O) groups is 2. The van der Waals surface area contributed by atoms with Crippen LogP contribution in [0.3, 0.4) is 0 Å². The van der Waals surface area contributed by atoms with Crippen LogP contribution in [0.25, 0.3) is 0 Å². The van der Waals surface area contributed by atoms with Crippen LogP contribution in [0.4, 0.5) is 0 Å². The summed E-state index contributed by atoms with van der Waals surface area (Å²) in [6.45, 7) is 5.64. The SMILES string of the molecule is CCC(=O)N1C(C(=O)NC(C)C)CSC1c1ccc(OC)c(OC)c1. The Morgan fingerprint density at radius 3 is 2.52 bits per heavy atom. The normalized spacial score (nSPS) is 19.8. The highest BCUT2D eigenvalue weighted by atomic mass is 32.2. The third-order valence-corrected chi connectivity index (χ3v) is 5.34. The summed E-state index contributed by atoms with van der Waals surface area (Å²) in [4.78, 5) is 26.8. The minimum Gasteiger partial charge on any atom is -0.493 e. The highest BCUT2D eigenvalue weighted by molar-refractivity contribution is 7.99. The third-order valence-electron chi connectivity index (χ3n) is 4.02. The Kier molecular flexibility index (Phi) is 6.58. The van der Waals surface area contributed by atoms with Crippen molar-refractivity contribution in [3.63, 3.8) is 0 Å². The number of nitrogens with zero attached hydrogens (tertiary/aromatic N) is 1. The first-order chi connectivity index (χ1) is 11.9. The topological polar surface area (TPSA) is 67.9 Å². The van der Waals surface area contributed by atoms with E-state index in [1.54, 1.807) is 30.9 Å². The van der Waals surface area contributed by atoms with Gasteiger partial charge in [-0.2, -0.15) is 0 Å². The number of methoxy groups -OCH3 is 2. The molecule has 2 atom stereocenters. The van der Waals surface area contributed by atoms with Gasteiger partial charge in [0.25, 0.3) is 0 Å². The van der Waals surface area contributed by atoms with Gasteiger partial charge in [0.05, 0.1) is 14.2 Å². The van der Waals surface area contributed by atoms with Gasteiger partial charge in [0.15, 0.2) is 11.5 Å². The van der Waals surface area contributed by atoms with Crippen LogP contribution in [0, 0.1) is 0 Å². The smallest absolute Gasteiger partial charge is 0.243 e. The van der Waals surface area contributed by atoms with E-state index in [1.807, 2.05) is 39.0 Å². The summed E-state index contributed by atoms with van der Waals surface area (Å²) in [6, 6.07) is 5.19. The molecule has 1 aliphatic rings. The summed E-state index contributed by atoms with van der Waals surface area (Å²) in [6.07, 6.45) is 0.357. The number of hydrogen-bond acceptors (Lipinski definition) is 5. The van der Waals surface area contributed by atoms with Crippen molar-refractivity contribution >= 4 is 23.6 Å². The van der Waals surface area contributed by atoms with Crippen molar-refractivity contribution in [2.75, 3.05) is 20.0 Å². The molecule has 1 aliphatic heterocycles. The molecule has 0 saturated carbocycles. The molecule has 1 N–H and O–H groups in total. The molecule has 1 fully saturated rings. The summed E-state index contributed by atoms with van der Waals surface area (Å²) < 4.78 is 10.6. The minimum atomic E-state index is -0.460. The van der Waals surface area contributed by atoms with E-state index in [4.69, 9.17) is 9.47 Å². The van der Waals surface area contributed by atoms with Crippen LogP contribution in [0.5, 0.6) is 11.5 Å². The Labute approximate surface area is 153 Å². The summed E-state index contributed by atoms with van der Waals surface area (Å²) in [5.41, 5.74) is 0.921. The standard InChI is InChI=1S/C18H26N2O4S/c1-6-16(21)20-13(17(22)19-11(2)3)10-25-18(20)12-7-8-14(23-4)15(9-12)24-5/h7-9,11,13,18H,6,10H2,1-5H3,(H,19,22). The maximum absolute atomic E-state index is 12.6. The number of nitrogens with one attached hydrogen (secondary N) is 1. The number of carbonyl (C=O) groups excluding carboxylic acids is 2. The Balaban J connectivity index is 2.33. The van der Waals surface area contributed by atoms with Crippen molar-refractivity contribution < 1.29 is 19.1 Å². The van der Waals surface area contributed by atoms with Crippen LogP contribution in [-0.4, -0.2) is 48.8 Å². The fourth-order valence-corrected chi connectivity index (χ4v) is 4.28. The Hall–Kier alpha value is -1.89. The van der Waals surface area contributed by atoms with Gasteiger partial charge in [0.1, 0.15) is 11.4 Å². The van der Waals surface area contributed by atoms with Crippen molar-refractivity contribution in [1.29, 1.82) is 0 Å². The number of rotatable bonds is 6. The second-order valence-electron chi connectivity index (χ2n) is 6.13. The lowest BCUT2D eigenvalue weighted by Gasteiger charge is -2.29. The number of ether oxygens (including phenoxy) is 2. The monoisotopic (exact) mass is 366 g/mol. The maximum Gasteiger partial charge on any atom is 0.243 e. The average molecular weight is 366 g/mol. The van der Waals surface area contributed by atoms with E-state index in [0.717, 1.165) is 5.56 Å². The second-order valence-corrected chi connectivity index (χ2v) is 7.25. The van der Waals surface area contributed by atoms with Gasteiger partial charge in [0.2, 0.25) is 11.8 Å². The first-order valence-corrected chi connectivity index (χ1v) is 9.42. The lowest BCUT2D eigenvalue weighted by atomic mass is 10.1. The van der Waals surface area contributed by atoms with Gasteiger partial charge in [0, 0.05) is 18.2 Å². The second kappa shape index (κ2) is 8.47. The van der Waals surface area contributed by atoms with E-state index in [-0.39, 0.29) is 23.2 Å². The number of hydrogen-bond donors (Lipinski definition) is 1. The Morgan fingerprint density at radius 1 is 1.28 bits per heavy atom. The Morgan fingerprint density at radius 2 is 1.96 bits per heavy atom. The van der Waals surface area contributed by atoms with E-state index in [1.165, 1.54) is 0 Å². The highest BCUT2D eigenvalue weighted by Crippen LogP contribution is 2.44. The fraction of sp³-hybridized carbons (Fsp3) is 0.556. The van der Waals surface area contributed by atoms with Crippen molar-refractivity contribution in [3.05, 3.63) is 23.8 Å². The molecule has 0 aliphatic carbocycles. The zero-order chi connectivity index (χ0) is 18.6. The Bertz CT molecular complexity index is 636. The molecule has 2 unspecified atom stereocenters. The van der Waals surface area contributed by atoms with Crippen LogP contribution in [-0.2, 0) is 9.59 Å². The molecule has 1 aromatic carbocycles. The highest BCUT2D eigenvalue weighted by Gasteiger charge is 2.41. The lowest BCUT2D eigenvalue weighted by molar-refractivity contribution is -0.139. The molecule has 0 aromatic heterocycles. The maximum atomic E-state index is 12.6. The molecule has 2 rings (SSSR count). The molecule has 138 valence electrons. The first kappa shape index (κ1) is 19.4. The van der Waals surface area contributed by atoms with Gasteiger partial charge in [-0.05, 0) is 31.5 Å². The molecule has 1 saturated heterocycles. The van der Waals surface area contributed by atoms with E-state index < -0.39 is 6.04 Å². The van der Waals surface area contributed by atoms with Crippen molar-refractivity contribution in [3.8, 4) is 11.5 Å². The van der Waals surface area contributed by atoms with Crippen molar-refractivity contribution in [2.45, 2.75) is 44.6 Å². The zero-order valence-electron chi connectivity index (χ0n) is 15.4. The quantitative estimate of drug-likeness (QED) is 0.838. The van der Waals surface area contributed by atoms with Crippen LogP contribution in [0.2, 0.25) is 0 Å². The van der Waals surface area contributed by atoms with Crippen LogP contribution in [0.1, 0.15) is 38.1 Å². The van der Waals surface area contributed by atoms with Gasteiger partial charge in [-0.1, -0.05) is 13.0 Å². The van der Waals surface area contributed by atoms with Gasteiger partial charge >= 0.3 is 0 Å². The molecule has 0 radical (unpaired) electrons. The largest absolute Gasteiger partial charge is 0.493 e.